The standard InChI is InChI=1S/C19H18FN3O3/c1-2-26-18(24)12-23-16-10-6-5-9-15(16)22-17(23)11-21-19(25)13-7-3-4-8-14(13)20/h3-10H,2,11-12H2,1H3,(H,21,25). The molecule has 26 heavy (non-hydrogen) atoms. The van der Waals surface area contributed by atoms with Gasteiger partial charge in [0.2, 0.25) is 0 Å². The summed E-state index contributed by atoms with van der Waals surface area (Å²) in [5.74, 6) is -1.04. The molecular formula is C19H18FN3O3. The van der Waals surface area contributed by atoms with Crippen LogP contribution in [-0.2, 0) is 22.6 Å². The molecular weight excluding hydrogens is 337 g/mol. The Morgan fingerprint density at radius 2 is 1.88 bits per heavy atom. The molecule has 0 spiro atoms. The predicted octanol–water partition coefficient (Wildman–Crippen LogP) is 2.67. The van der Waals surface area contributed by atoms with Gasteiger partial charge in [-0.3, -0.25) is 9.59 Å². The zero-order valence-electron chi connectivity index (χ0n) is 14.2. The molecule has 0 bridgehead atoms. The third kappa shape index (κ3) is 3.72. The normalized spacial score (nSPS) is 10.7. The number of hydrogen-bond acceptors (Lipinski definition) is 4. The van der Waals surface area contributed by atoms with Gasteiger partial charge in [0.15, 0.2) is 0 Å². The molecule has 0 aliphatic rings. The number of benzene rings is 2. The molecule has 0 unspecified atom stereocenters. The van der Waals surface area contributed by atoms with Gasteiger partial charge in [-0.25, -0.2) is 9.37 Å². The summed E-state index contributed by atoms with van der Waals surface area (Å²) in [5.41, 5.74) is 1.42. The number of carbonyl (C=O) groups is 2. The highest BCUT2D eigenvalue weighted by atomic mass is 19.1. The van der Waals surface area contributed by atoms with Crippen LogP contribution >= 0.6 is 0 Å². The number of hydrogen-bond donors (Lipinski definition) is 1. The van der Waals surface area contributed by atoms with Crippen molar-refractivity contribution in [2.75, 3.05) is 6.61 Å². The van der Waals surface area contributed by atoms with Crippen LogP contribution in [0, 0.1) is 5.82 Å². The van der Waals surface area contributed by atoms with Gasteiger partial charge in [0.1, 0.15) is 18.2 Å². The number of fused-ring (bicyclic) bond motifs is 1. The van der Waals surface area contributed by atoms with Crippen LogP contribution in [0.2, 0.25) is 0 Å². The van der Waals surface area contributed by atoms with Crippen LogP contribution in [0.3, 0.4) is 0 Å². The van der Waals surface area contributed by atoms with Crippen LogP contribution in [0.15, 0.2) is 48.5 Å². The second kappa shape index (κ2) is 7.77. The molecule has 0 fully saturated rings. The molecule has 1 aromatic heterocycles. The van der Waals surface area contributed by atoms with E-state index in [0.29, 0.717) is 11.3 Å². The SMILES string of the molecule is CCOC(=O)Cn1c(CNC(=O)c2ccccc2F)nc2ccccc21. The Kier molecular flexibility index (Phi) is 5.26. The second-order valence-electron chi connectivity index (χ2n) is 5.57. The number of nitrogens with zero attached hydrogens (tertiary/aromatic N) is 2. The predicted molar refractivity (Wildman–Crippen MR) is 93.9 cm³/mol. The average Bonchev–Trinajstić information content (AvgIpc) is 2.98. The second-order valence-corrected chi connectivity index (χ2v) is 5.57. The molecule has 7 heteroatoms. The number of para-hydroxylation sites is 2. The largest absolute Gasteiger partial charge is 0.465 e. The van der Waals surface area contributed by atoms with Gasteiger partial charge in [-0.1, -0.05) is 24.3 Å². The van der Waals surface area contributed by atoms with E-state index in [-0.39, 0.29) is 25.3 Å². The molecule has 1 heterocycles. The first-order valence-electron chi connectivity index (χ1n) is 8.22. The number of esters is 1. The summed E-state index contributed by atoms with van der Waals surface area (Å²) in [6.45, 7) is 2.06. The van der Waals surface area contributed by atoms with Crippen molar-refractivity contribution in [3.05, 3.63) is 65.7 Å². The number of halogens is 1. The number of amides is 1. The minimum absolute atomic E-state index is 0.0146. The van der Waals surface area contributed by atoms with Crippen molar-refractivity contribution in [2.24, 2.45) is 0 Å². The molecule has 0 aliphatic carbocycles. The highest BCUT2D eigenvalue weighted by Crippen LogP contribution is 2.16. The Balaban J connectivity index is 1.84. The van der Waals surface area contributed by atoms with Crippen molar-refractivity contribution in [1.29, 1.82) is 0 Å². The average molecular weight is 355 g/mol. The molecule has 2 aromatic carbocycles. The third-order valence-electron chi connectivity index (χ3n) is 3.85. The maximum absolute atomic E-state index is 13.7. The first-order chi connectivity index (χ1) is 12.6. The minimum atomic E-state index is -0.593. The smallest absolute Gasteiger partial charge is 0.326 e. The summed E-state index contributed by atoms with van der Waals surface area (Å²) >= 11 is 0. The fourth-order valence-electron chi connectivity index (χ4n) is 2.67. The lowest BCUT2D eigenvalue weighted by atomic mass is 10.2. The molecule has 3 aromatic rings. The maximum atomic E-state index is 13.7. The Hall–Kier alpha value is -3.22. The monoisotopic (exact) mass is 355 g/mol. The lowest BCUT2D eigenvalue weighted by molar-refractivity contribution is -0.143. The lowest BCUT2D eigenvalue weighted by Crippen LogP contribution is -2.26. The third-order valence-corrected chi connectivity index (χ3v) is 3.85. The zero-order chi connectivity index (χ0) is 18.5. The van der Waals surface area contributed by atoms with Crippen molar-refractivity contribution < 1.29 is 18.7 Å². The molecule has 1 N–H and O–H groups in total. The molecule has 0 saturated carbocycles. The first kappa shape index (κ1) is 17.6. The lowest BCUT2D eigenvalue weighted by Gasteiger charge is -2.10. The summed E-state index contributed by atoms with van der Waals surface area (Å²) in [7, 11) is 0. The van der Waals surface area contributed by atoms with Gasteiger partial charge in [0.25, 0.3) is 5.91 Å². The molecule has 0 atom stereocenters. The topological polar surface area (TPSA) is 73.2 Å². The highest BCUT2D eigenvalue weighted by molar-refractivity contribution is 5.94. The van der Waals surface area contributed by atoms with Gasteiger partial charge in [0, 0.05) is 0 Å². The Morgan fingerprint density at radius 1 is 1.15 bits per heavy atom. The van der Waals surface area contributed by atoms with E-state index < -0.39 is 17.7 Å². The van der Waals surface area contributed by atoms with E-state index in [1.807, 2.05) is 24.3 Å². The van der Waals surface area contributed by atoms with E-state index >= 15 is 0 Å². The fourth-order valence-corrected chi connectivity index (χ4v) is 2.67. The van der Waals surface area contributed by atoms with E-state index in [9.17, 15) is 14.0 Å². The van der Waals surface area contributed by atoms with Crippen LogP contribution in [0.1, 0.15) is 23.1 Å². The molecule has 0 saturated heterocycles. The van der Waals surface area contributed by atoms with E-state index in [4.69, 9.17) is 4.74 Å². The number of aromatic nitrogens is 2. The quantitative estimate of drug-likeness (QED) is 0.690. The van der Waals surface area contributed by atoms with Crippen molar-refractivity contribution in [1.82, 2.24) is 14.9 Å². The first-order valence-corrected chi connectivity index (χ1v) is 8.22. The number of nitrogens with one attached hydrogen (secondary N) is 1. The van der Waals surface area contributed by atoms with Crippen molar-refractivity contribution in [3.63, 3.8) is 0 Å². The Labute approximate surface area is 149 Å². The van der Waals surface area contributed by atoms with Crippen molar-refractivity contribution in [3.8, 4) is 0 Å². The molecule has 0 radical (unpaired) electrons. The van der Waals surface area contributed by atoms with Gasteiger partial charge >= 0.3 is 5.97 Å². The van der Waals surface area contributed by atoms with Crippen LogP contribution in [0.25, 0.3) is 11.0 Å². The fraction of sp³-hybridized carbons (Fsp3) is 0.211. The maximum Gasteiger partial charge on any atom is 0.326 e. The van der Waals surface area contributed by atoms with Gasteiger partial charge in [-0.15, -0.1) is 0 Å². The number of carbonyl (C=O) groups excluding carboxylic acids is 2. The van der Waals surface area contributed by atoms with E-state index in [1.54, 1.807) is 17.6 Å². The van der Waals surface area contributed by atoms with E-state index in [0.717, 1.165) is 5.52 Å². The molecule has 134 valence electrons. The number of ether oxygens (including phenoxy) is 1. The minimum Gasteiger partial charge on any atom is -0.465 e. The molecule has 0 aliphatic heterocycles. The summed E-state index contributed by atoms with van der Waals surface area (Å²) in [6.07, 6.45) is 0. The Morgan fingerprint density at radius 3 is 2.65 bits per heavy atom. The van der Waals surface area contributed by atoms with Gasteiger partial charge in [-0.05, 0) is 31.2 Å². The summed E-state index contributed by atoms with van der Waals surface area (Å²) in [5, 5.41) is 2.65. The van der Waals surface area contributed by atoms with Gasteiger partial charge < -0.3 is 14.6 Å². The van der Waals surface area contributed by atoms with Crippen LogP contribution < -0.4 is 5.32 Å². The van der Waals surface area contributed by atoms with E-state index in [1.165, 1.54) is 18.2 Å². The number of imidazole rings is 1. The summed E-state index contributed by atoms with van der Waals surface area (Å²) in [6, 6.07) is 13.1. The van der Waals surface area contributed by atoms with Gasteiger partial charge in [-0.2, -0.15) is 0 Å². The van der Waals surface area contributed by atoms with Gasteiger partial charge in [0.05, 0.1) is 29.7 Å². The molecule has 3 rings (SSSR count). The molecule has 6 nitrogen and oxygen atoms in total. The molecule has 1 amide bonds. The summed E-state index contributed by atoms with van der Waals surface area (Å²) in [4.78, 5) is 28.6. The summed E-state index contributed by atoms with van der Waals surface area (Å²) < 4.78 is 20.4. The van der Waals surface area contributed by atoms with Crippen LogP contribution in [-0.4, -0.2) is 28.0 Å². The van der Waals surface area contributed by atoms with Crippen molar-refractivity contribution in [2.45, 2.75) is 20.0 Å². The number of rotatable bonds is 6. The van der Waals surface area contributed by atoms with Crippen LogP contribution in [0.5, 0.6) is 0 Å². The zero-order valence-corrected chi connectivity index (χ0v) is 14.2. The highest BCUT2D eigenvalue weighted by Gasteiger charge is 2.16. The van der Waals surface area contributed by atoms with Crippen LogP contribution in [0.4, 0.5) is 4.39 Å². The van der Waals surface area contributed by atoms with Crippen molar-refractivity contribution >= 4 is 22.9 Å². The Bertz CT molecular complexity index is 952. The van der Waals surface area contributed by atoms with E-state index in [2.05, 4.69) is 10.3 Å².